The van der Waals surface area contributed by atoms with Crippen LogP contribution in [0.3, 0.4) is 0 Å². The van der Waals surface area contributed by atoms with Gasteiger partial charge in [-0.2, -0.15) is 0 Å². The molecule has 0 aliphatic carbocycles. The number of H-pyrrole nitrogens is 1. The van der Waals surface area contributed by atoms with Crippen molar-refractivity contribution in [2.24, 2.45) is 0 Å². The third-order valence-electron chi connectivity index (χ3n) is 3.56. The number of hydrogen-bond donors (Lipinski definition) is 1. The van der Waals surface area contributed by atoms with Gasteiger partial charge in [-0.05, 0) is 42.3 Å². The van der Waals surface area contributed by atoms with E-state index in [4.69, 9.17) is 16.3 Å². The normalized spacial score (nSPS) is 12.1. The van der Waals surface area contributed by atoms with Crippen LogP contribution in [0.25, 0.3) is 17.1 Å². The van der Waals surface area contributed by atoms with Gasteiger partial charge in [-0.25, -0.2) is 13.4 Å². The van der Waals surface area contributed by atoms with Crippen molar-refractivity contribution in [3.05, 3.63) is 58.0 Å². The van der Waals surface area contributed by atoms with Gasteiger partial charge >= 0.3 is 0 Å². The number of fused-ring (bicyclic) bond motifs is 1. The van der Waals surface area contributed by atoms with E-state index in [1.165, 1.54) is 6.08 Å². The van der Waals surface area contributed by atoms with E-state index in [2.05, 4.69) is 9.97 Å². The molecule has 1 aromatic heterocycles. The number of sulfone groups is 1. The highest BCUT2D eigenvalue weighted by Gasteiger charge is 2.16. The first-order valence-electron chi connectivity index (χ1n) is 7.12. The average molecular weight is 363 g/mol. The Morgan fingerprint density at radius 3 is 2.71 bits per heavy atom. The third kappa shape index (κ3) is 3.29. The van der Waals surface area contributed by atoms with Crippen molar-refractivity contribution in [1.29, 1.82) is 0 Å². The molecule has 0 spiro atoms. The van der Waals surface area contributed by atoms with Crippen LogP contribution < -0.4 is 4.74 Å². The highest BCUT2D eigenvalue weighted by molar-refractivity contribution is 7.94. The Morgan fingerprint density at radius 2 is 2.00 bits per heavy atom. The lowest BCUT2D eigenvalue weighted by atomic mass is 10.1. The molecular weight excluding hydrogens is 348 g/mol. The van der Waals surface area contributed by atoms with Gasteiger partial charge in [-0.3, -0.25) is 0 Å². The van der Waals surface area contributed by atoms with Gasteiger partial charge in [0.05, 0.1) is 18.1 Å². The average Bonchev–Trinajstić information content (AvgIpc) is 3.00. The van der Waals surface area contributed by atoms with Gasteiger partial charge in [0.15, 0.2) is 0 Å². The van der Waals surface area contributed by atoms with Gasteiger partial charge in [-0.1, -0.05) is 23.7 Å². The van der Waals surface area contributed by atoms with Crippen LogP contribution in [-0.2, 0) is 9.84 Å². The monoisotopic (exact) mass is 362 g/mol. The topological polar surface area (TPSA) is 72.0 Å². The van der Waals surface area contributed by atoms with Gasteiger partial charge in [0.1, 0.15) is 5.75 Å². The molecule has 0 unspecified atom stereocenters. The van der Waals surface area contributed by atoms with Gasteiger partial charge in [0.2, 0.25) is 15.0 Å². The zero-order chi connectivity index (χ0) is 17.3. The first-order valence-corrected chi connectivity index (χ1v) is 9.04. The van der Waals surface area contributed by atoms with E-state index in [0.29, 0.717) is 21.8 Å². The molecule has 24 heavy (non-hydrogen) atoms. The summed E-state index contributed by atoms with van der Waals surface area (Å²) in [6, 6.07) is 10.4. The number of ether oxygens (including phenoxy) is 1. The Morgan fingerprint density at radius 1 is 1.21 bits per heavy atom. The molecule has 1 heterocycles. The maximum Gasteiger partial charge on any atom is 0.233 e. The summed E-state index contributed by atoms with van der Waals surface area (Å²) in [5, 5.41) is 1.67. The Kier molecular flexibility index (Phi) is 4.34. The number of benzene rings is 2. The maximum absolute atomic E-state index is 12.4. The van der Waals surface area contributed by atoms with Crippen LogP contribution in [0.15, 0.2) is 47.0 Å². The standard InChI is InChI=1S/C17H15ClN2O3S/c1-11-9-12(3-5-14(11)18)7-8-24(21,22)17-19-15-6-4-13(23-2)10-16(15)20-17/h3-10H,1-2H3,(H,19,20)/b8-7+. The molecular formula is C17H15ClN2O3S. The maximum atomic E-state index is 12.4. The summed E-state index contributed by atoms with van der Waals surface area (Å²) in [7, 11) is -2.14. The van der Waals surface area contributed by atoms with Crippen LogP contribution in [0.1, 0.15) is 11.1 Å². The van der Waals surface area contributed by atoms with E-state index in [0.717, 1.165) is 16.5 Å². The lowest BCUT2D eigenvalue weighted by Gasteiger charge is -1.99. The van der Waals surface area contributed by atoms with Crippen molar-refractivity contribution >= 4 is 38.5 Å². The molecule has 7 heteroatoms. The molecule has 0 radical (unpaired) electrons. The fourth-order valence-corrected chi connectivity index (χ4v) is 3.29. The van der Waals surface area contributed by atoms with E-state index in [-0.39, 0.29) is 5.16 Å². The Balaban J connectivity index is 1.94. The summed E-state index contributed by atoms with van der Waals surface area (Å²) in [5.41, 5.74) is 2.79. The first kappa shape index (κ1) is 16.5. The second-order valence-electron chi connectivity index (χ2n) is 5.28. The summed E-state index contributed by atoms with van der Waals surface area (Å²) in [6.07, 6.45) is 1.52. The Bertz CT molecular complexity index is 1040. The van der Waals surface area contributed by atoms with Crippen molar-refractivity contribution < 1.29 is 13.2 Å². The third-order valence-corrected chi connectivity index (χ3v) is 5.21. The number of aryl methyl sites for hydroxylation is 1. The molecule has 2 aromatic carbocycles. The van der Waals surface area contributed by atoms with E-state index in [1.807, 2.05) is 13.0 Å². The zero-order valence-electron chi connectivity index (χ0n) is 13.1. The second kappa shape index (κ2) is 6.30. The van der Waals surface area contributed by atoms with Crippen LogP contribution in [-0.4, -0.2) is 25.5 Å². The Labute approximate surface area is 144 Å². The number of hydrogen-bond acceptors (Lipinski definition) is 4. The molecule has 5 nitrogen and oxygen atoms in total. The predicted molar refractivity (Wildman–Crippen MR) is 95.1 cm³/mol. The van der Waals surface area contributed by atoms with E-state index < -0.39 is 9.84 Å². The van der Waals surface area contributed by atoms with Crippen molar-refractivity contribution in [1.82, 2.24) is 9.97 Å². The van der Waals surface area contributed by atoms with Crippen LogP contribution >= 0.6 is 11.6 Å². The summed E-state index contributed by atoms with van der Waals surface area (Å²) in [6.45, 7) is 1.86. The summed E-state index contributed by atoms with van der Waals surface area (Å²) < 4.78 is 30.0. The lowest BCUT2D eigenvalue weighted by molar-refractivity contribution is 0.415. The second-order valence-corrected chi connectivity index (χ2v) is 7.44. The molecule has 0 atom stereocenters. The Hall–Kier alpha value is -2.31. The summed E-state index contributed by atoms with van der Waals surface area (Å²) in [5.74, 6) is 0.627. The van der Waals surface area contributed by atoms with Crippen molar-refractivity contribution in [2.75, 3.05) is 7.11 Å². The number of aromatic amines is 1. The fraction of sp³-hybridized carbons (Fsp3) is 0.118. The fourth-order valence-electron chi connectivity index (χ4n) is 2.23. The summed E-state index contributed by atoms with van der Waals surface area (Å²) in [4.78, 5) is 6.95. The molecule has 0 saturated carbocycles. The molecule has 0 amide bonds. The molecule has 0 saturated heterocycles. The van der Waals surface area contributed by atoms with E-state index in [1.54, 1.807) is 37.4 Å². The largest absolute Gasteiger partial charge is 0.497 e. The van der Waals surface area contributed by atoms with E-state index >= 15 is 0 Å². The van der Waals surface area contributed by atoms with Crippen molar-refractivity contribution in [3.63, 3.8) is 0 Å². The number of nitrogens with one attached hydrogen (secondary N) is 1. The van der Waals surface area contributed by atoms with Gasteiger partial charge < -0.3 is 9.72 Å². The number of imidazole rings is 1. The first-order chi connectivity index (χ1) is 11.4. The highest BCUT2D eigenvalue weighted by atomic mass is 35.5. The number of halogens is 1. The van der Waals surface area contributed by atoms with Crippen LogP contribution in [0.5, 0.6) is 5.75 Å². The zero-order valence-corrected chi connectivity index (χ0v) is 14.6. The molecule has 124 valence electrons. The van der Waals surface area contributed by atoms with Crippen LogP contribution in [0, 0.1) is 6.92 Å². The molecule has 0 aliphatic heterocycles. The number of methoxy groups -OCH3 is 1. The smallest absolute Gasteiger partial charge is 0.233 e. The predicted octanol–water partition coefficient (Wildman–Crippen LogP) is 3.98. The van der Waals surface area contributed by atoms with Crippen molar-refractivity contribution in [3.8, 4) is 5.75 Å². The highest BCUT2D eigenvalue weighted by Crippen LogP contribution is 2.22. The quantitative estimate of drug-likeness (QED) is 0.762. The molecule has 0 fully saturated rings. The van der Waals surface area contributed by atoms with Crippen molar-refractivity contribution in [2.45, 2.75) is 12.1 Å². The van der Waals surface area contributed by atoms with Gasteiger partial charge in [-0.15, -0.1) is 0 Å². The number of rotatable bonds is 4. The van der Waals surface area contributed by atoms with Gasteiger partial charge in [0, 0.05) is 16.5 Å². The summed E-state index contributed by atoms with van der Waals surface area (Å²) >= 11 is 5.97. The molecule has 3 rings (SSSR count). The number of nitrogens with zero attached hydrogens (tertiary/aromatic N) is 1. The minimum Gasteiger partial charge on any atom is -0.497 e. The SMILES string of the molecule is COc1ccc2nc(S(=O)(=O)/C=C/c3ccc(Cl)c(C)c3)[nH]c2c1. The van der Waals surface area contributed by atoms with Gasteiger partial charge in [0.25, 0.3) is 0 Å². The minimum atomic E-state index is -3.68. The molecule has 3 aromatic rings. The molecule has 0 bridgehead atoms. The minimum absolute atomic E-state index is 0.104. The molecule has 0 aliphatic rings. The lowest BCUT2D eigenvalue weighted by Crippen LogP contribution is -1.98. The molecule has 1 N–H and O–H groups in total. The van der Waals surface area contributed by atoms with E-state index in [9.17, 15) is 8.42 Å². The van der Waals surface area contributed by atoms with Crippen LogP contribution in [0.4, 0.5) is 0 Å². The number of aromatic nitrogens is 2. The van der Waals surface area contributed by atoms with Crippen LogP contribution in [0.2, 0.25) is 5.02 Å².